The molecule has 2 aromatic carbocycles. The highest BCUT2D eigenvalue weighted by molar-refractivity contribution is 5.86. The minimum Gasteiger partial charge on any atom is -0.359 e. The van der Waals surface area contributed by atoms with Crippen LogP contribution in [0.15, 0.2) is 60.7 Å². The van der Waals surface area contributed by atoms with E-state index in [2.05, 4.69) is 15.6 Å². The van der Waals surface area contributed by atoms with Crippen molar-refractivity contribution in [3.8, 4) is 0 Å². The lowest BCUT2D eigenvalue weighted by molar-refractivity contribution is -0.123. The van der Waals surface area contributed by atoms with Gasteiger partial charge in [0.15, 0.2) is 0 Å². The van der Waals surface area contributed by atoms with Crippen molar-refractivity contribution >= 4 is 22.7 Å². The summed E-state index contributed by atoms with van der Waals surface area (Å²) in [6.07, 6.45) is 0.283. The van der Waals surface area contributed by atoms with Crippen LogP contribution < -0.4 is 16.4 Å². The van der Waals surface area contributed by atoms with Crippen molar-refractivity contribution in [3.63, 3.8) is 0 Å². The molecule has 3 rings (SSSR count). The average molecular weight is 408 g/mol. The Balaban J connectivity index is 1.63. The van der Waals surface area contributed by atoms with Gasteiger partial charge < -0.3 is 16.4 Å². The maximum Gasteiger partial charge on any atom is 0.230 e. The Morgan fingerprint density at radius 1 is 1.07 bits per heavy atom. The summed E-state index contributed by atoms with van der Waals surface area (Å²) in [5, 5.41) is 6.35. The molecule has 0 spiro atoms. The predicted octanol–water partition coefficient (Wildman–Crippen LogP) is 2.28. The van der Waals surface area contributed by atoms with Crippen LogP contribution in [0.1, 0.15) is 23.6 Å². The highest BCUT2D eigenvalue weighted by Crippen LogP contribution is 2.18. The highest BCUT2D eigenvalue weighted by atomic mass is 19.1. The highest BCUT2D eigenvalue weighted by Gasteiger charge is 2.22. The molecule has 1 heterocycles. The molecule has 156 valence electrons. The van der Waals surface area contributed by atoms with Crippen molar-refractivity contribution in [2.75, 3.05) is 13.6 Å². The number of carbonyl (C=O) groups excluding carboxylic acids is 2. The Bertz CT molecular complexity index is 1040. The molecule has 1 aromatic heterocycles. The maximum atomic E-state index is 13.8. The molecule has 0 saturated carbocycles. The predicted molar refractivity (Wildman–Crippen MR) is 114 cm³/mol. The van der Waals surface area contributed by atoms with E-state index in [9.17, 15) is 14.0 Å². The van der Waals surface area contributed by atoms with Gasteiger partial charge in [-0.25, -0.2) is 4.39 Å². The molecule has 3 aromatic rings. The summed E-state index contributed by atoms with van der Waals surface area (Å²) in [6.45, 7) is 0.0935. The first-order chi connectivity index (χ1) is 14.5. The molecule has 0 aliphatic rings. The van der Waals surface area contributed by atoms with E-state index in [0.29, 0.717) is 11.3 Å². The van der Waals surface area contributed by atoms with Crippen molar-refractivity contribution in [1.29, 1.82) is 0 Å². The van der Waals surface area contributed by atoms with E-state index >= 15 is 0 Å². The van der Waals surface area contributed by atoms with Crippen molar-refractivity contribution in [1.82, 2.24) is 15.6 Å². The second-order valence-electron chi connectivity index (χ2n) is 7.16. The number of nitrogens with one attached hydrogen (secondary N) is 2. The van der Waals surface area contributed by atoms with Crippen LogP contribution in [0.2, 0.25) is 0 Å². The Hall–Kier alpha value is -3.32. The molecular formula is C23H25FN4O2. The van der Waals surface area contributed by atoms with Crippen LogP contribution in [-0.2, 0) is 16.0 Å². The molecule has 0 fully saturated rings. The third kappa shape index (κ3) is 5.39. The summed E-state index contributed by atoms with van der Waals surface area (Å²) in [5.41, 5.74) is 7.85. The average Bonchev–Trinajstić information content (AvgIpc) is 2.75. The number of fused-ring (bicyclic) bond motifs is 1. The zero-order valence-electron chi connectivity index (χ0n) is 16.8. The number of benzene rings is 2. The maximum absolute atomic E-state index is 13.8. The fraction of sp³-hybridized carbons (Fsp3) is 0.261. The lowest BCUT2D eigenvalue weighted by Crippen LogP contribution is -2.39. The summed E-state index contributed by atoms with van der Waals surface area (Å²) in [4.78, 5) is 29.3. The third-order valence-corrected chi connectivity index (χ3v) is 4.93. The van der Waals surface area contributed by atoms with Gasteiger partial charge >= 0.3 is 0 Å². The summed E-state index contributed by atoms with van der Waals surface area (Å²) < 4.78 is 13.8. The van der Waals surface area contributed by atoms with Crippen LogP contribution >= 0.6 is 0 Å². The minimum atomic E-state index is -0.633. The number of hydrogen-bond acceptors (Lipinski definition) is 4. The molecule has 0 saturated heterocycles. The number of carbonyl (C=O) groups is 2. The fourth-order valence-corrected chi connectivity index (χ4v) is 3.33. The van der Waals surface area contributed by atoms with Gasteiger partial charge in [0.05, 0.1) is 17.1 Å². The van der Waals surface area contributed by atoms with E-state index in [1.807, 2.05) is 30.3 Å². The van der Waals surface area contributed by atoms with Crippen LogP contribution in [0, 0.1) is 5.82 Å². The zero-order chi connectivity index (χ0) is 21.5. The van der Waals surface area contributed by atoms with Crippen molar-refractivity contribution in [3.05, 3.63) is 77.7 Å². The number of nitrogens with two attached hydrogens (primary N) is 1. The number of amides is 2. The molecule has 2 amide bonds. The van der Waals surface area contributed by atoms with E-state index in [1.54, 1.807) is 31.3 Å². The molecular weight excluding hydrogens is 383 g/mol. The number of rotatable bonds is 8. The molecule has 0 aliphatic heterocycles. The molecule has 0 unspecified atom stereocenters. The van der Waals surface area contributed by atoms with Gasteiger partial charge in [-0.3, -0.25) is 14.6 Å². The molecule has 2 atom stereocenters. The SMILES string of the molecule is CNC(=O)[C@H](CNC(=O)C[C@H](N)Cc1ccccc1F)c1ccc2ccccc2n1. The van der Waals surface area contributed by atoms with E-state index in [-0.39, 0.29) is 37.0 Å². The fourth-order valence-electron chi connectivity index (χ4n) is 3.33. The third-order valence-electron chi connectivity index (χ3n) is 4.93. The summed E-state index contributed by atoms with van der Waals surface area (Å²) >= 11 is 0. The largest absolute Gasteiger partial charge is 0.359 e. The van der Waals surface area contributed by atoms with Gasteiger partial charge in [-0.15, -0.1) is 0 Å². The first kappa shape index (κ1) is 21.4. The standard InChI is InChI=1S/C23H25FN4O2/c1-26-23(30)18(21-11-10-15-6-3-5-9-20(15)28-21)14-27-22(29)13-17(25)12-16-7-2-4-8-19(16)24/h2-11,17-18H,12-14,25H2,1H3,(H,26,30)(H,27,29)/t17-,18-/m1/s1. The first-order valence-corrected chi connectivity index (χ1v) is 9.81. The molecule has 0 bridgehead atoms. The Morgan fingerprint density at radius 3 is 2.57 bits per heavy atom. The second kappa shape index (κ2) is 9.93. The summed E-state index contributed by atoms with van der Waals surface area (Å²) in [6, 6.07) is 17.1. The van der Waals surface area contributed by atoms with Crippen LogP contribution in [0.3, 0.4) is 0 Å². The van der Waals surface area contributed by atoms with E-state index in [4.69, 9.17) is 5.73 Å². The minimum absolute atomic E-state index is 0.0277. The normalized spacial score (nSPS) is 12.9. The van der Waals surface area contributed by atoms with Gasteiger partial charge in [-0.2, -0.15) is 0 Å². The van der Waals surface area contributed by atoms with Crippen LogP contribution in [0.4, 0.5) is 4.39 Å². The quantitative estimate of drug-likeness (QED) is 0.533. The molecule has 30 heavy (non-hydrogen) atoms. The monoisotopic (exact) mass is 408 g/mol. The number of halogens is 1. The number of para-hydroxylation sites is 1. The van der Waals surface area contributed by atoms with Crippen molar-refractivity contribution < 1.29 is 14.0 Å². The molecule has 4 N–H and O–H groups in total. The molecule has 6 nitrogen and oxygen atoms in total. The number of pyridine rings is 1. The Labute approximate surface area is 174 Å². The van der Waals surface area contributed by atoms with Gasteiger partial charge in [0.1, 0.15) is 5.82 Å². The lowest BCUT2D eigenvalue weighted by Gasteiger charge is -2.17. The molecule has 0 aliphatic carbocycles. The smallest absolute Gasteiger partial charge is 0.230 e. The number of hydrogen-bond donors (Lipinski definition) is 3. The Kier molecular flexibility index (Phi) is 7.08. The van der Waals surface area contributed by atoms with Crippen LogP contribution in [0.25, 0.3) is 10.9 Å². The van der Waals surface area contributed by atoms with Crippen LogP contribution in [-0.4, -0.2) is 36.4 Å². The first-order valence-electron chi connectivity index (χ1n) is 9.81. The van der Waals surface area contributed by atoms with Gasteiger partial charge in [0.25, 0.3) is 0 Å². The van der Waals surface area contributed by atoms with Crippen LogP contribution in [0.5, 0.6) is 0 Å². The van der Waals surface area contributed by atoms with Gasteiger partial charge in [0, 0.05) is 31.4 Å². The lowest BCUT2D eigenvalue weighted by atomic mass is 10.0. The molecule has 7 heteroatoms. The number of aromatic nitrogens is 1. The number of likely N-dealkylation sites (N-methyl/N-ethyl adjacent to an activating group) is 1. The summed E-state index contributed by atoms with van der Waals surface area (Å²) in [5.74, 6) is -1.51. The Morgan fingerprint density at radius 2 is 1.80 bits per heavy atom. The van der Waals surface area contributed by atoms with Crippen molar-refractivity contribution in [2.45, 2.75) is 24.8 Å². The van der Waals surface area contributed by atoms with E-state index in [0.717, 1.165) is 10.9 Å². The second-order valence-corrected chi connectivity index (χ2v) is 7.16. The van der Waals surface area contributed by atoms with Gasteiger partial charge in [0.2, 0.25) is 11.8 Å². The molecule has 0 radical (unpaired) electrons. The van der Waals surface area contributed by atoms with Crippen molar-refractivity contribution in [2.24, 2.45) is 5.73 Å². The summed E-state index contributed by atoms with van der Waals surface area (Å²) in [7, 11) is 1.54. The number of nitrogens with zero attached hydrogens (tertiary/aromatic N) is 1. The topological polar surface area (TPSA) is 97.1 Å². The van der Waals surface area contributed by atoms with E-state index < -0.39 is 12.0 Å². The van der Waals surface area contributed by atoms with Gasteiger partial charge in [-0.1, -0.05) is 42.5 Å². The zero-order valence-corrected chi connectivity index (χ0v) is 16.8. The van der Waals surface area contributed by atoms with E-state index in [1.165, 1.54) is 6.07 Å². The van der Waals surface area contributed by atoms with Gasteiger partial charge in [-0.05, 0) is 30.2 Å².